The first-order valence-electron chi connectivity index (χ1n) is 25.6. The molecule has 0 saturated heterocycles. The largest absolute Gasteiger partial charge is 0.463 e. The Morgan fingerprint density at radius 2 is 0.719 bits per heavy atom. The zero-order valence-electron chi connectivity index (χ0n) is 38.9. The van der Waals surface area contributed by atoms with E-state index < -0.39 is 0 Å². The number of esters is 1. The molecule has 0 bridgehead atoms. The van der Waals surface area contributed by atoms with E-state index in [0.717, 1.165) is 6.54 Å². The van der Waals surface area contributed by atoms with E-state index >= 15 is 0 Å². The summed E-state index contributed by atoms with van der Waals surface area (Å²) in [5.41, 5.74) is 0. The summed E-state index contributed by atoms with van der Waals surface area (Å²) < 4.78 is 15.5. The number of methoxy groups -OCH3 is 1. The maximum atomic E-state index is 12.6. The molecule has 0 unspecified atom stereocenters. The van der Waals surface area contributed by atoms with E-state index in [1.54, 1.807) is 7.11 Å². The van der Waals surface area contributed by atoms with E-state index in [-0.39, 0.29) is 31.3 Å². The van der Waals surface area contributed by atoms with Crippen LogP contribution in [-0.2, 0) is 23.8 Å². The summed E-state index contributed by atoms with van der Waals surface area (Å²) in [7, 11) is 1.63. The number of carbonyl (C=O) groups is 2. The Hall–Kier alpha value is -1.14. The highest BCUT2D eigenvalue weighted by Crippen LogP contribution is 2.21. The number of amides is 1. The minimum absolute atomic E-state index is 0.0381. The zero-order valence-corrected chi connectivity index (χ0v) is 38.9. The lowest BCUT2D eigenvalue weighted by Gasteiger charge is -2.18. The van der Waals surface area contributed by atoms with Crippen molar-refractivity contribution in [2.45, 2.75) is 271 Å². The first-order chi connectivity index (χ1) is 28.1. The monoisotopic (exact) mass is 808 g/mol. The van der Waals surface area contributed by atoms with Crippen molar-refractivity contribution in [2.24, 2.45) is 5.92 Å². The minimum atomic E-state index is -0.338. The molecule has 0 heterocycles. The van der Waals surface area contributed by atoms with Crippen molar-refractivity contribution in [3.8, 4) is 0 Å². The summed E-state index contributed by atoms with van der Waals surface area (Å²) in [6.07, 6.45) is 53.1. The van der Waals surface area contributed by atoms with Crippen molar-refractivity contribution < 1.29 is 23.8 Å². The molecule has 0 aromatic rings. The van der Waals surface area contributed by atoms with Crippen LogP contribution in [0.4, 0.5) is 0 Å². The van der Waals surface area contributed by atoms with Crippen molar-refractivity contribution in [1.82, 2.24) is 5.32 Å². The molecule has 0 aromatic carbocycles. The topological polar surface area (TPSA) is 73.9 Å². The minimum Gasteiger partial charge on any atom is -0.463 e. The molecule has 1 N–H and O–H groups in total. The predicted molar refractivity (Wildman–Crippen MR) is 246 cm³/mol. The standard InChI is InChI=1S/C51H101NO5/c1-4-6-8-10-12-14-16-18-20-22-24-26-28-30-32-34-36-38-40-49(48-52-50(53)42-43-51(54)57-47-46-56-45-44-55-3)41-39-37-35-33-31-29-27-25-23-21-19-17-15-13-11-9-7-5-2/h49H,4-48H2,1-3H3,(H,52,53). The summed E-state index contributed by atoms with van der Waals surface area (Å²) in [6.45, 7) is 6.89. The Bertz CT molecular complexity index is 752. The highest BCUT2D eigenvalue weighted by molar-refractivity contribution is 5.81. The van der Waals surface area contributed by atoms with Gasteiger partial charge in [0.15, 0.2) is 0 Å². The predicted octanol–water partition coefficient (Wildman–Crippen LogP) is 15.6. The van der Waals surface area contributed by atoms with Gasteiger partial charge in [-0.05, 0) is 18.8 Å². The van der Waals surface area contributed by atoms with Crippen LogP contribution in [0.5, 0.6) is 0 Å². The molecule has 6 heteroatoms. The fourth-order valence-electron chi connectivity index (χ4n) is 8.11. The second kappa shape index (κ2) is 49.2. The van der Waals surface area contributed by atoms with Crippen LogP contribution >= 0.6 is 0 Å². The third-order valence-electron chi connectivity index (χ3n) is 12.0. The molecule has 57 heavy (non-hydrogen) atoms. The maximum Gasteiger partial charge on any atom is 0.306 e. The van der Waals surface area contributed by atoms with Gasteiger partial charge < -0.3 is 19.5 Å². The molecule has 0 fully saturated rings. The van der Waals surface area contributed by atoms with Crippen LogP contribution in [0.2, 0.25) is 0 Å². The molecule has 0 radical (unpaired) electrons. The molecule has 0 aliphatic rings. The molecular weight excluding hydrogens is 707 g/mol. The van der Waals surface area contributed by atoms with Gasteiger partial charge in [0, 0.05) is 20.1 Å². The zero-order chi connectivity index (χ0) is 41.4. The van der Waals surface area contributed by atoms with Crippen LogP contribution in [0.1, 0.15) is 271 Å². The number of rotatable bonds is 49. The first kappa shape index (κ1) is 55.9. The number of ether oxygens (including phenoxy) is 3. The normalized spacial score (nSPS) is 11.5. The van der Waals surface area contributed by atoms with Crippen molar-refractivity contribution in [3.05, 3.63) is 0 Å². The van der Waals surface area contributed by atoms with Crippen LogP contribution in [-0.4, -0.2) is 52.0 Å². The van der Waals surface area contributed by atoms with Crippen LogP contribution in [0, 0.1) is 5.92 Å². The third kappa shape index (κ3) is 47.4. The lowest BCUT2D eigenvalue weighted by atomic mass is 9.93. The second-order valence-electron chi connectivity index (χ2n) is 17.6. The molecule has 0 aliphatic heterocycles. The summed E-state index contributed by atoms with van der Waals surface area (Å²) in [6, 6.07) is 0. The van der Waals surface area contributed by atoms with Gasteiger partial charge in [-0.15, -0.1) is 0 Å². The fraction of sp³-hybridized carbons (Fsp3) is 0.961. The van der Waals surface area contributed by atoms with Gasteiger partial charge in [-0.1, -0.05) is 245 Å². The number of unbranched alkanes of at least 4 members (excludes halogenated alkanes) is 34. The molecule has 0 atom stereocenters. The van der Waals surface area contributed by atoms with E-state index in [4.69, 9.17) is 14.2 Å². The van der Waals surface area contributed by atoms with E-state index in [1.807, 2.05) is 0 Å². The number of nitrogens with one attached hydrogen (secondary N) is 1. The van der Waals surface area contributed by atoms with Crippen molar-refractivity contribution >= 4 is 11.9 Å². The first-order valence-corrected chi connectivity index (χ1v) is 25.6. The van der Waals surface area contributed by atoms with Gasteiger partial charge in [0.1, 0.15) is 6.61 Å². The Balaban J connectivity index is 4.10. The van der Waals surface area contributed by atoms with E-state index in [0.29, 0.717) is 25.7 Å². The Labute approximate surface area is 356 Å². The molecule has 6 nitrogen and oxygen atoms in total. The quantitative estimate of drug-likeness (QED) is 0.0489. The summed E-state index contributed by atoms with van der Waals surface area (Å²) in [5.74, 6) is 0.158. The number of hydrogen-bond acceptors (Lipinski definition) is 5. The number of carbonyl (C=O) groups excluding carboxylic acids is 2. The van der Waals surface area contributed by atoms with Gasteiger partial charge in [-0.2, -0.15) is 0 Å². The molecule has 0 aliphatic carbocycles. The summed E-state index contributed by atoms with van der Waals surface area (Å²) >= 11 is 0. The lowest BCUT2D eigenvalue weighted by molar-refractivity contribution is -0.146. The Kier molecular flexibility index (Phi) is 48.2. The van der Waals surface area contributed by atoms with Crippen LogP contribution < -0.4 is 5.32 Å². The average Bonchev–Trinajstić information content (AvgIpc) is 3.22. The van der Waals surface area contributed by atoms with Crippen LogP contribution in [0.25, 0.3) is 0 Å². The smallest absolute Gasteiger partial charge is 0.306 e. The molecule has 1 amide bonds. The van der Waals surface area contributed by atoms with E-state index in [9.17, 15) is 9.59 Å². The maximum absolute atomic E-state index is 12.6. The van der Waals surface area contributed by atoms with Gasteiger partial charge in [0.2, 0.25) is 5.91 Å². The van der Waals surface area contributed by atoms with Crippen LogP contribution in [0.15, 0.2) is 0 Å². The SMILES string of the molecule is CCCCCCCCCCCCCCCCCCCCC(CCCCCCCCCCCCCCCCCCCC)CNC(=O)CCC(=O)OCCOCCOC. The highest BCUT2D eigenvalue weighted by atomic mass is 16.6. The second-order valence-corrected chi connectivity index (χ2v) is 17.6. The van der Waals surface area contributed by atoms with Gasteiger partial charge in [0.05, 0.1) is 26.2 Å². The summed E-state index contributed by atoms with van der Waals surface area (Å²) in [4.78, 5) is 24.7. The van der Waals surface area contributed by atoms with Crippen LogP contribution in [0.3, 0.4) is 0 Å². The third-order valence-corrected chi connectivity index (χ3v) is 12.0. The van der Waals surface area contributed by atoms with E-state index in [1.165, 1.54) is 244 Å². The van der Waals surface area contributed by atoms with E-state index in [2.05, 4.69) is 19.2 Å². The molecular formula is C51H101NO5. The number of hydrogen-bond donors (Lipinski definition) is 1. The van der Waals surface area contributed by atoms with Crippen molar-refractivity contribution in [2.75, 3.05) is 40.1 Å². The molecule has 340 valence electrons. The Morgan fingerprint density at radius 1 is 0.404 bits per heavy atom. The van der Waals surface area contributed by atoms with Gasteiger partial charge in [0.25, 0.3) is 0 Å². The summed E-state index contributed by atoms with van der Waals surface area (Å²) in [5, 5.41) is 3.16. The molecule has 0 spiro atoms. The van der Waals surface area contributed by atoms with Gasteiger partial charge >= 0.3 is 5.97 Å². The van der Waals surface area contributed by atoms with Gasteiger partial charge in [-0.3, -0.25) is 9.59 Å². The molecule has 0 saturated carbocycles. The molecule has 0 rings (SSSR count). The van der Waals surface area contributed by atoms with Crippen molar-refractivity contribution in [3.63, 3.8) is 0 Å². The Morgan fingerprint density at radius 3 is 1.05 bits per heavy atom. The lowest BCUT2D eigenvalue weighted by Crippen LogP contribution is -2.30. The highest BCUT2D eigenvalue weighted by Gasteiger charge is 2.13. The van der Waals surface area contributed by atoms with Gasteiger partial charge in [-0.25, -0.2) is 0 Å². The fourth-order valence-corrected chi connectivity index (χ4v) is 8.11. The molecule has 0 aromatic heterocycles. The average molecular weight is 808 g/mol. The van der Waals surface area contributed by atoms with Crippen molar-refractivity contribution in [1.29, 1.82) is 0 Å².